The maximum Gasteiger partial charge on any atom is 0.343 e. The van der Waals surface area contributed by atoms with Gasteiger partial charge in [0.1, 0.15) is 0 Å². The van der Waals surface area contributed by atoms with Crippen molar-refractivity contribution < 1.29 is 19.2 Å². The number of nitro benzene ring substituents is 1. The molecule has 0 unspecified atom stereocenters. The number of para-hydroxylation sites is 2. The van der Waals surface area contributed by atoms with Crippen LogP contribution in [0.2, 0.25) is 0 Å². The van der Waals surface area contributed by atoms with Gasteiger partial charge in [0.15, 0.2) is 11.5 Å². The molecule has 2 rings (SSSR count). The van der Waals surface area contributed by atoms with Gasteiger partial charge in [-0.25, -0.2) is 4.79 Å². The first-order chi connectivity index (χ1) is 10.0. The lowest BCUT2D eigenvalue weighted by atomic mass is 10.2. The zero-order chi connectivity index (χ0) is 15.4. The van der Waals surface area contributed by atoms with Crippen molar-refractivity contribution >= 4 is 27.6 Å². The molecule has 0 bridgehead atoms. The fourth-order valence-corrected chi connectivity index (χ4v) is 2.03. The summed E-state index contributed by atoms with van der Waals surface area (Å²) in [4.78, 5) is 22.3. The Morgan fingerprint density at radius 2 is 1.86 bits per heavy atom. The van der Waals surface area contributed by atoms with E-state index in [1.165, 1.54) is 19.2 Å². The second-order valence-electron chi connectivity index (χ2n) is 3.96. The number of nitro groups is 1. The van der Waals surface area contributed by atoms with Crippen molar-refractivity contribution in [3.8, 4) is 11.5 Å². The van der Waals surface area contributed by atoms with E-state index in [0.717, 1.165) is 6.07 Å². The number of rotatable bonds is 4. The van der Waals surface area contributed by atoms with E-state index >= 15 is 0 Å². The van der Waals surface area contributed by atoms with E-state index in [1.807, 2.05) is 0 Å². The Hall–Kier alpha value is -2.41. The highest BCUT2D eigenvalue weighted by Crippen LogP contribution is 2.29. The molecule has 7 heteroatoms. The SMILES string of the molecule is COc1ccccc1OC(=O)c1ccc(Br)c([N+](=O)[O-])c1. The highest BCUT2D eigenvalue weighted by Gasteiger charge is 2.18. The van der Waals surface area contributed by atoms with E-state index in [1.54, 1.807) is 24.3 Å². The number of hydrogen-bond donors (Lipinski definition) is 0. The number of esters is 1. The zero-order valence-corrected chi connectivity index (χ0v) is 12.5. The second-order valence-corrected chi connectivity index (χ2v) is 4.82. The molecule has 21 heavy (non-hydrogen) atoms. The summed E-state index contributed by atoms with van der Waals surface area (Å²) in [5, 5.41) is 10.9. The molecule has 0 saturated heterocycles. The normalized spacial score (nSPS) is 10.0. The highest BCUT2D eigenvalue weighted by molar-refractivity contribution is 9.10. The number of benzene rings is 2. The van der Waals surface area contributed by atoms with Gasteiger partial charge in [0.05, 0.1) is 22.1 Å². The van der Waals surface area contributed by atoms with Crippen LogP contribution >= 0.6 is 15.9 Å². The predicted octanol–water partition coefficient (Wildman–Crippen LogP) is 3.59. The van der Waals surface area contributed by atoms with Crippen molar-refractivity contribution in [3.05, 3.63) is 62.6 Å². The Morgan fingerprint density at radius 1 is 1.19 bits per heavy atom. The predicted molar refractivity (Wildman–Crippen MR) is 78.7 cm³/mol. The Balaban J connectivity index is 2.29. The fourth-order valence-electron chi connectivity index (χ4n) is 1.64. The Morgan fingerprint density at radius 3 is 2.48 bits per heavy atom. The van der Waals surface area contributed by atoms with Gasteiger partial charge in [-0.15, -0.1) is 0 Å². The molecule has 0 aliphatic rings. The molecule has 0 atom stereocenters. The van der Waals surface area contributed by atoms with Crippen molar-refractivity contribution in [1.29, 1.82) is 0 Å². The third-order valence-corrected chi connectivity index (χ3v) is 3.32. The van der Waals surface area contributed by atoms with Gasteiger partial charge in [-0.05, 0) is 40.2 Å². The van der Waals surface area contributed by atoms with Crippen LogP contribution in [0.3, 0.4) is 0 Å². The highest BCUT2D eigenvalue weighted by atomic mass is 79.9. The standard InChI is InChI=1S/C14H10BrNO5/c1-20-12-4-2-3-5-13(12)21-14(17)9-6-7-10(15)11(8-9)16(18)19/h2-8H,1H3. The van der Waals surface area contributed by atoms with Gasteiger partial charge in [-0.3, -0.25) is 10.1 Å². The van der Waals surface area contributed by atoms with Crippen LogP contribution in [0.5, 0.6) is 11.5 Å². The molecular weight excluding hydrogens is 342 g/mol. The molecule has 2 aromatic carbocycles. The van der Waals surface area contributed by atoms with Gasteiger partial charge >= 0.3 is 5.97 Å². The molecule has 6 nitrogen and oxygen atoms in total. The number of carbonyl (C=O) groups excluding carboxylic acids is 1. The van der Waals surface area contributed by atoms with E-state index < -0.39 is 10.9 Å². The first kappa shape index (κ1) is 15.0. The minimum Gasteiger partial charge on any atom is -0.493 e. The van der Waals surface area contributed by atoms with Crippen molar-refractivity contribution in [1.82, 2.24) is 0 Å². The van der Waals surface area contributed by atoms with Gasteiger partial charge in [-0.2, -0.15) is 0 Å². The van der Waals surface area contributed by atoms with E-state index in [0.29, 0.717) is 10.2 Å². The first-order valence-corrected chi connectivity index (χ1v) is 6.61. The molecule has 0 N–H and O–H groups in total. The third-order valence-electron chi connectivity index (χ3n) is 2.65. The Kier molecular flexibility index (Phi) is 4.54. The number of ether oxygens (including phenoxy) is 2. The van der Waals surface area contributed by atoms with E-state index in [2.05, 4.69) is 15.9 Å². The maximum atomic E-state index is 12.1. The van der Waals surface area contributed by atoms with E-state index in [9.17, 15) is 14.9 Å². The Bertz CT molecular complexity index is 702. The van der Waals surface area contributed by atoms with Crippen molar-refractivity contribution in [2.45, 2.75) is 0 Å². The molecule has 2 aromatic rings. The van der Waals surface area contributed by atoms with Crippen LogP contribution in [-0.4, -0.2) is 18.0 Å². The van der Waals surface area contributed by atoms with Gasteiger partial charge in [-0.1, -0.05) is 12.1 Å². The number of methoxy groups -OCH3 is 1. The number of hydrogen-bond acceptors (Lipinski definition) is 5. The summed E-state index contributed by atoms with van der Waals surface area (Å²) in [6.45, 7) is 0. The summed E-state index contributed by atoms with van der Waals surface area (Å²) in [7, 11) is 1.46. The van der Waals surface area contributed by atoms with E-state index in [4.69, 9.17) is 9.47 Å². The molecule has 0 amide bonds. The number of halogens is 1. The smallest absolute Gasteiger partial charge is 0.343 e. The zero-order valence-electron chi connectivity index (χ0n) is 10.9. The lowest BCUT2D eigenvalue weighted by Gasteiger charge is -2.08. The average molecular weight is 352 g/mol. The van der Waals surface area contributed by atoms with Gasteiger partial charge in [0.2, 0.25) is 0 Å². The lowest BCUT2D eigenvalue weighted by molar-refractivity contribution is -0.385. The second kappa shape index (κ2) is 6.36. The molecular formula is C14H10BrNO5. The van der Waals surface area contributed by atoms with Crippen LogP contribution in [0.15, 0.2) is 46.9 Å². The molecule has 0 saturated carbocycles. The van der Waals surface area contributed by atoms with Crippen molar-refractivity contribution in [2.75, 3.05) is 7.11 Å². The Labute approximate surface area is 128 Å². The molecule has 0 aliphatic heterocycles. The third kappa shape index (κ3) is 3.38. The van der Waals surface area contributed by atoms with Crippen LogP contribution in [0.1, 0.15) is 10.4 Å². The summed E-state index contributed by atoms with van der Waals surface area (Å²) in [5.74, 6) is -0.0527. The maximum absolute atomic E-state index is 12.1. The van der Waals surface area contributed by atoms with Crippen molar-refractivity contribution in [3.63, 3.8) is 0 Å². The largest absolute Gasteiger partial charge is 0.493 e. The van der Waals surface area contributed by atoms with Crippen LogP contribution in [0.4, 0.5) is 5.69 Å². The van der Waals surface area contributed by atoms with Crippen LogP contribution < -0.4 is 9.47 Å². The number of nitrogens with zero attached hydrogens (tertiary/aromatic N) is 1. The molecule has 0 aliphatic carbocycles. The molecule has 108 valence electrons. The monoisotopic (exact) mass is 351 g/mol. The lowest BCUT2D eigenvalue weighted by Crippen LogP contribution is -2.09. The molecule has 0 fully saturated rings. The quantitative estimate of drug-likeness (QED) is 0.364. The van der Waals surface area contributed by atoms with Crippen molar-refractivity contribution in [2.24, 2.45) is 0 Å². The van der Waals surface area contributed by atoms with Gasteiger partial charge in [0, 0.05) is 6.07 Å². The average Bonchev–Trinajstić information content (AvgIpc) is 2.47. The molecule has 0 heterocycles. The molecule has 0 radical (unpaired) electrons. The molecule has 0 aromatic heterocycles. The minimum atomic E-state index is -0.699. The summed E-state index contributed by atoms with van der Waals surface area (Å²) in [5.41, 5.74) is -0.125. The van der Waals surface area contributed by atoms with Crippen LogP contribution in [-0.2, 0) is 0 Å². The van der Waals surface area contributed by atoms with E-state index in [-0.39, 0.29) is 17.0 Å². The number of carbonyl (C=O) groups is 1. The van der Waals surface area contributed by atoms with Gasteiger partial charge < -0.3 is 9.47 Å². The summed E-state index contributed by atoms with van der Waals surface area (Å²) in [6, 6.07) is 10.7. The molecule has 0 spiro atoms. The summed E-state index contributed by atoms with van der Waals surface area (Å²) in [6.07, 6.45) is 0. The topological polar surface area (TPSA) is 78.7 Å². The fraction of sp³-hybridized carbons (Fsp3) is 0.0714. The minimum absolute atomic E-state index is 0.0795. The van der Waals surface area contributed by atoms with Gasteiger partial charge in [0.25, 0.3) is 5.69 Å². The van der Waals surface area contributed by atoms with Crippen LogP contribution in [0.25, 0.3) is 0 Å². The van der Waals surface area contributed by atoms with Crippen LogP contribution in [0, 0.1) is 10.1 Å². The summed E-state index contributed by atoms with van der Waals surface area (Å²) < 4.78 is 10.6. The summed E-state index contributed by atoms with van der Waals surface area (Å²) >= 11 is 3.06. The first-order valence-electron chi connectivity index (χ1n) is 5.82.